The number of fused-ring (bicyclic) bond motifs is 11. The molecule has 0 saturated carbocycles. The first-order valence-electron chi connectivity index (χ1n) is 11.1. The van der Waals surface area contributed by atoms with Crippen molar-refractivity contribution in [3.05, 3.63) is 59.2 Å². The molecule has 156 valence electrons. The van der Waals surface area contributed by atoms with E-state index in [9.17, 15) is 9.90 Å². The number of aromatic nitrogens is 2. The zero-order valence-corrected chi connectivity index (χ0v) is 17.3. The Morgan fingerprint density at radius 2 is 1.62 bits per heavy atom. The number of aryl methyl sites for hydroxylation is 2. The number of benzene rings is 1. The van der Waals surface area contributed by atoms with Crippen LogP contribution in [0.3, 0.4) is 0 Å². The minimum Gasteiger partial charge on any atom is -0.394 e. The van der Waals surface area contributed by atoms with Gasteiger partial charge in [-0.05, 0) is 37.7 Å². The van der Waals surface area contributed by atoms with E-state index in [0.717, 1.165) is 49.1 Å². The van der Waals surface area contributed by atoms with Gasteiger partial charge >= 0.3 is 0 Å². The number of nitrogens with one attached hydrogen (secondary N) is 1. The molecule has 5 nitrogen and oxygen atoms in total. The first-order chi connectivity index (χ1) is 14.3. The number of aliphatic hydroxyl groups is 1. The summed E-state index contributed by atoms with van der Waals surface area (Å²) in [6.07, 6.45) is 13.7. The van der Waals surface area contributed by atoms with Crippen molar-refractivity contribution in [1.82, 2.24) is 15.3 Å². The molecule has 2 bridgehead atoms. The Bertz CT molecular complexity index is 764. The number of rotatable bonds is 5. The Kier molecular flexibility index (Phi) is 8.62. The molecule has 29 heavy (non-hydrogen) atoms. The molecule has 3 heterocycles. The number of carbonyl (C=O) groups excluding carboxylic acids is 1. The summed E-state index contributed by atoms with van der Waals surface area (Å²) in [7, 11) is 0. The Morgan fingerprint density at radius 1 is 0.966 bits per heavy atom. The van der Waals surface area contributed by atoms with Crippen LogP contribution in [0.5, 0.6) is 0 Å². The van der Waals surface area contributed by atoms with Crippen molar-refractivity contribution >= 4 is 5.91 Å². The molecule has 0 radical (unpaired) electrons. The Labute approximate surface area is 174 Å². The summed E-state index contributed by atoms with van der Waals surface area (Å²) in [4.78, 5) is 22.3. The minimum atomic E-state index is -0.339. The van der Waals surface area contributed by atoms with Crippen molar-refractivity contribution in [2.24, 2.45) is 0 Å². The van der Waals surface area contributed by atoms with Crippen molar-refractivity contribution in [1.29, 1.82) is 0 Å². The maximum Gasteiger partial charge on any atom is 0.272 e. The molecule has 2 aliphatic rings. The highest BCUT2D eigenvalue weighted by molar-refractivity contribution is 5.93. The summed E-state index contributed by atoms with van der Waals surface area (Å²) in [6.45, 7) is -0.108. The van der Waals surface area contributed by atoms with Crippen LogP contribution in [0.1, 0.15) is 78.8 Å². The first kappa shape index (κ1) is 21.4. The van der Waals surface area contributed by atoms with Gasteiger partial charge in [0.05, 0.1) is 24.0 Å². The van der Waals surface area contributed by atoms with Crippen LogP contribution in [0.15, 0.2) is 36.5 Å². The van der Waals surface area contributed by atoms with Crippen molar-refractivity contribution in [2.45, 2.75) is 76.7 Å². The molecule has 1 amide bonds. The van der Waals surface area contributed by atoms with E-state index < -0.39 is 0 Å². The lowest BCUT2D eigenvalue weighted by Gasteiger charge is -2.18. The molecular formula is C24H33N3O2. The van der Waals surface area contributed by atoms with Crippen LogP contribution in [0, 0.1) is 0 Å². The number of carbonyl (C=O) groups is 1. The van der Waals surface area contributed by atoms with Crippen LogP contribution in [0.2, 0.25) is 0 Å². The summed E-state index contributed by atoms with van der Waals surface area (Å²) >= 11 is 0. The molecule has 5 heteroatoms. The predicted octanol–water partition coefficient (Wildman–Crippen LogP) is 4.03. The van der Waals surface area contributed by atoms with Gasteiger partial charge < -0.3 is 10.4 Å². The fourth-order valence-electron chi connectivity index (χ4n) is 3.91. The molecule has 1 aromatic carbocycles. The van der Waals surface area contributed by atoms with Gasteiger partial charge in [0, 0.05) is 6.20 Å². The number of hydrogen-bond donors (Lipinski definition) is 2. The average Bonchev–Trinajstić information content (AvgIpc) is 2.75. The number of hydrogen-bond acceptors (Lipinski definition) is 4. The second-order valence-corrected chi connectivity index (χ2v) is 8.03. The number of aliphatic hydroxyl groups excluding tert-OH is 1. The third-order valence-electron chi connectivity index (χ3n) is 5.59. The first-order valence-corrected chi connectivity index (χ1v) is 11.1. The summed E-state index contributed by atoms with van der Waals surface area (Å²) in [5, 5.41) is 12.8. The fourth-order valence-corrected chi connectivity index (χ4v) is 3.91. The summed E-state index contributed by atoms with van der Waals surface area (Å²) in [6, 6.07) is 9.56. The van der Waals surface area contributed by atoms with Crippen molar-refractivity contribution < 1.29 is 9.90 Å². The van der Waals surface area contributed by atoms with E-state index in [1.165, 1.54) is 32.1 Å². The van der Waals surface area contributed by atoms with Gasteiger partial charge in [-0.1, -0.05) is 68.9 Å². The third-order valence-corrected chi connectivity index (χ3v) is 5.59. The maximum atomic E-state index is 13.0. The summed E-state index contributed by atoms with van der Waals surface area (Å²) in [5.74, 6) is -0.226. The van der Waals surface area contributed by atoms with Gasteiger partial charge in [0.15, 0.2) is 0 Å². The lowest BCUT2D eigenvalue weighted by atomic mass is 10.0. The molecule has 0 saturated heterocycles. The molecule has 1 aromatic heterocycles. The molecule has 2 aliphatic heterocycles. The van der Waals surface area contributed by atoms with Crippen LogP contribution < -0.4 is 5.32 Å². The van der Waals surface area contributed by atoms with E-state index >= 15 is 0 Å². The van der Waals surface area contributed by atoms with Crippen molar-refractivity contribution in [2.75, 3.05) is 6.61 Å². The van der Waals surface area contributed by atoms with Crippen molar-refractivity contribution in [3.63, 3.8) is 0 Å². The molecule has 2 N–H and O–H groups in total. The van der Waals surface area contributed by atoms with Crippen LogP contribution >= 0.6 is 0 Å². The van der Waals surface area contributed by atoms with E-state index in [0.29, 0.717) is 12.1 Å². The molecular weight excluding hydrogens is 362 g/mol. The number of nitrogens with zero attached hydrogens (tertiary/aromatic N) is 2. The van der Waals surface area contributed by atoms with Crippen LogP contribution in [-0.4, -0.2) is 33.6 Å². The van der Waals surface area contributed by atoms with E-state index in [4.69, 9.17) is 0 Å². The normalized spacial score (nSPS) is 16.7. The van der Waals surface area contributed by atoms with Crippen LogP contribution in [0.25, 0.3) is 0 Å². The van der Waals surface area contributed by atoms with Gasteiger partial charge in [-0.3, -0.25) is 9.78 Å². The Balaban J connectivity index is 1.73. The second kappa shape index (κ2) is 11.7. The maximum absolute atomic E-state index is 13.0. The minimum absolute atomic E-state index is 0.108. The van der Waals surface area contributed by atoms with E-state index in [-0.39, 0.29) is 18.6 Å². The van der Waals surface area contributed by atoms with E-state index in [1.54, 1.807) is 0 Å². The lowest BCUT2D eigenvalue weighted by molar-refractivity contribution is 0.0909. The van der Waals surface area contributed by atoms with Gasteiger partial charge in [-0.2, -0.15) is 0 Å². The largest absolute Gasteiger partial charge is 0.394 e. The lowest BCUT2D eigenvalue weighted by Crippen LogP contribution is -2.40. The standard InChI is InChI=1S/C24H33N3O2/c28-18-21(16-19-12-8-7-9-13-19)27-24(29)23-22-15-11-6-4-2-1-3-5-10-14-20(26-23)17-25-22/h7-9,12-13,17,21,28H,1-6,10-11,14-16,18H2,(H,27,29)/t21-/m0/s1. The molecule has 1 atom stereocenters. The summed E-state index contributed by atoms with van der Waals surface area (Å²) in [5.41, 5.74) is 3.19. The van der Waals surface area contributed by atoms with Gasteiger partial charge in [-0.25, -0.2) is 4.98 Å². The zero-order chi connectivity index (χ0) is 20.3. The molecule has 0 aliphatic carbocycles. The average molecular weight is 396 g/mol. The molecule has 4 rings (SSSR count). The van der Waals surface area contributed by atoms with Gasteiger partial charge in [0.2, 0.25) is 0 Å². The monoisotopic (exact) mass is 395 g/mol. The SMILES string of the molecule is O=C(N[C@H](CO)Cc1ccccc1)c1nc2cnc1CCCCCCCCCC2. The number of amides is 1. The molecule has 2 aromatic rings. The van der Waals surface area contributed by atoms with Gasteiger partial charge in [-0.15, -0.1) is 0 Å². The van der Waals surface area contributed by atoms with E-state index in [2.05, 4.69) is 15.3 Å². The van der Waals surface area contributed by atoms with Gasteiger partial charge in [0.1, 0.15) is 5.69 Å². The third kappa shape index (κ3) is 6.93. The van der Waals surface area contributed by atoms with Crippen LogP contribution in [-0.2, 0) is 19.3 Å². The summed E-state index contributed by atoms with van der Waals surface area (Å²) < 4.78 is 0. The van der Waals surface area contributed by atoms with Gasteiger partial charge in [0.25, 0.3) is 5.91 Å². The highest BCUT2D eigenvalue weighted by Crippen LogP contribution is 2.16. The quantitative estimate of drug-likeness (QED) is 0.801. The fraction of sp³-hybridized carbons (Fsp3) is 0.542. The van der Waals surface area contributed by atoms with E-state index in [1.807, 2.05) is 36.5 Å². The Morgan fingerprint density at radius 3 is 2.31 bits per heavy atom. The smallest absolute Gasteiger partial charge is 0.272 e. The molecule has 0 unspecified atom stereocenters. The topological polar surface area (TPSA) is 75.1 Å². The second-order valence-electron chi connectivity index (χ2n) is 8.03. The van der Waals surface area contributed by atoms with Crippen LogP contribution in [0.4, 0.5) is 0 Å². The highest BCUT2D eigenvalue weighted by Gasteiger charge is 2.19. The highest BCUT2D eigenvalue weighted by atomic mass is 16.3. The molecule has 0 spiro atoms. The molecule has 0 fully saturated rings. The zero-order valence-electron chi connectivity index (χ0n) is 17.3. The predicted molar refractivity (Wildman–Crippen MR) is 115 cm³/mol. The van der Waals surface area contributed by atoms with Crippen molar-refractivity contribution in [3.8, 4) is 0 Å². The Hall–Kier alpha value is -2.27.